The molecule has 1 saturated heterocycles. The van der Waals surface area contributed by atoms with Gasteiger partial charge in [0.05, 0.1) is 6.61 Å². The van der Waals surface area contributed by atoms with Gasteiger partial charge in [0.25, 0.3) is 0 Å². The number of esters is 1. The van der Waals surface area contributed by atoms with Gasteiger partial charge >= 0.3 is 5.97 Å². The number of hydrogen-bond donors (Lipinski definition) is 0. The molecule has 104 valence electrons. The summed E-state index contributed by atoms with van der Waals surface area (Å²) in [4.78, 5) is 11.4. The Bertz CT molecular complexity index is 364. The van der Waals surface area contributed by atoms with Gasteiger partial charge in [0.15, 0.2) is 8.32 Å². The van der Waals surface area contributed by atoms with Crippen LogP contribution in [0.3, 0.4) is 0 Å². The smallest absolute Gasteiger partial charge is 0.344 e. The largest absolute Gasteiger partial charge is 0.457 e. The average Bonchev–Trinajstić information content (AvgIpc) is 2.35. The minimum absolute atomic E-state index is 0.113. The fraction of sp³-hybridized carbons (Fsp3) is 0.923. The predicted molar refractivity (Wildman–Crippen MR) is 69.6 cm³/mol. The normalized spacial score (nSPS) is 36.0. The van der Waals surface area contributed by atoms with Crippen molar-refractivity contribution in [2.75, 3.05) is 6.61 Å². The lowest BCUT2D eigenvalue weighted by Gasteiger charge is -2.39. The van der Waals surface area contributed by atoms with Gasteiger partial charge in [0, 0.05) is 5.92 Å². The van der Waals surface area contributed by atoms with Crippen LogP contribution in [0.25, 0.3) is 0 Å². The maximum absolute atomic E-state index is 14.1. The molecule has 0 bridgehead atoms. The third-order valence-corrected chi connectivity index (χ3v) is 9.37. The van der Waals surface area contributed by atoms with Gasteiger partial charge < -0.3 is 9.16 Å². The van der Waals surface area contributed by atoms with Crippen molar-refractivity contribution >= 4 is 14.3 Å². The van der Waals surface area contributed by atoms with Gasteiger partial charge in [-0.3, -0.25) is 0 Å². The van der Waals surface area contributed by atoms with Crippen LogP contribution >= 0.6 is 0 Å². The first-order valence-corrected chi connectivity index (χ1v) is 9.53. The highest BCUT2D eigenvalue weighted by Crippen LogP contribution is 2.51. The van der Waals surface area contributed by atoms with Gasteiger partial charge in [0.2, 0.25) is 5.67 Å². The Labute approximate surface area is 109 Å². The van der Waals surface area contributed by atoms with Gasteiger partial charge in [0.1, 0.15) is 6.10 Å². The second-order valence-electron chi connectivity index (χ2n) is 7.02. The molecule has 0 unspecified atom stereocenters. The fourth-order valence-electron chi connectivity index (χ4n) is 2.27. The maximum atomic E-state index is 14.1. The molecule has 3 nitrogen and oxygen atoms in total. The number of carbonyl (C=O) groups is 1. The van der Waals surface area contributed by atoms with Crippen molar-refractivity contribution in [3.8, 4) is 0 Å². The Kier molecular flexibility index (Phi) is 3.14. The summed E-state index contributed by atoms with van der Waals surface area (Å²) in [6, 6.07) is 0. The molecule has 2 rings (SSSR count). The van der Waals surface area contributed by atoms with Crippen LogP contribution in [0, 0.1) is 5.92 Å². The molecule has 0 radical (unpaired) electrons. The van der Waals surface area contributed by atoms with Crippen LogP contribution in [-0.4, -0.2) is 32.7 Å². The van der Waals surface area contributed by atoms with Gasteiger partial charge in [-0.2, -0.15) is 0 Å². The molecule has 2 aliphatic rings. The number of alkyl halides is 1. The molecule has 1 aliphatic carbocycles. The summed E-state index contributed by atoms with van der Waals surface area (Å²) in [5.74, 6) is -0.961. The monoisotopic (exact) mass is 274 g/mol. The maximum Gasteiger partial charge on any atom is 0.344 e. The zero-order chi connectivity index (χ0) is 13.8. The van der Waals surface area contributed by atoms with Gasteiger partial charge in [-0.1, -0.05) is 20.8 Å². The number of ether oxygens (including phenoxy) is 1. The topological polar surface area (TPSA) is 35.5 Å². The Morgan fingerprint density at radius 3 is 2.50 bits per heavy atom. The van der Waals surface area contributed by atoms with E-state index in [-0.39, 0.29) is 17.1 Å². The number of fused-ring (bicyclic) bond motifs is 1. The van der Waals surface area contributed by atoms with E-state index in [1.165, 1.54) is 0 Å². The molecule has 0 N–H and O–H groups in total. The lowest BCUT2D eigenvalue weighted by atomic mass is 9.70. The van der Waals surface area contributed by atoms with Crippen molar-refractivity contribution in [3.05, 3.63) is 0 Å². The van der Waals surface area contributed by atoms with Gasteiger partial charge in [-0.05, 0) is 31.0 Å². The molecule has 5 heteroatoms. The molecule has 1 heterocycles. The summed E-state index contributed by atoms with van der Waals surface area (Å²) in [6.07, 6.45) is 0.659. The Morgan fingerprint density at radius 2 is 2.11 bits per heavy atom. The quantitative estimate of drug-likeness (QED) is 0.586. The molecular weight excluding hydrogens is 251 g/mol. The second kappa shape index (κ2) is 4.03. The lowest BCUT2D eigenvalue weighted by Crippen LogP contribution is -2.48. The Hall–Kier alpha value is -0.423. The molecule has 0 aromatic heterocycles. The van der Waals surface area contributed by atoms with E-state index < -0.39 is 20.0 Å². The van der Waals surface area contributed by atoms with Crippen LogP contribution in [0.2, 0.25) is 18.1 Å². The van der Waals surface area contributed by atoms with E-state index >= 15 is 0 Å². The summed E-state index contributed by atoms with van der Waals surface area (Å²) in [5.41, 5.74) is -1.71. The highest BCUT2D eigenvalue weighted by atomic mass is 28.4. The molecular formula is C13H23FO3Si. The third kappa shape index (κ3) is 2.01. The number of cyclic esters (lactones) is 1. The molecule has 0 spiro atoms. The van der Waals surface area contributed by atoms with E-state index in [1.807, 2.05) is 0 Å². The predicted octanol–water partition coefficient (Wildman–Crippen LogP) is 3.05. The second-order valence-corrected chi connectivity index (χ2v) is 11.8. The van der Waals surface area contributed by atoms with Crippen LogP contribution in [0.1, 0.15) is 33.6 Å². The first-order chi connectivity index (χ1) is 8.08. The Balaban J connectivity index is 1.95. The summed E-state index contributed by atoms with van der Waals surface area (Å²) in [5, 5.41) is 0.113. The SMILES string of the molecule is CC(C)(C)[Si](C)(C)OC[C@H]1OC(=O)[C@]2(F)CC[C@H]12. The fourth-order valence-corrected chi connectivity index (χ4v) is 3.29. The summed E-state index contributed by atoms with van der Waals surface area (Å²) < 4.78 is 25.2. The average molecular weight is 274 g/mol. The zero-order valence-corrected chi connectivity index (χ0v) is 12.9. The highest BCUT2D eigenvalue weighted by molar-refractivity contribution is 6.74. The molecule has 0 amide bonds. The number of rotatable bonds is 3. The molecule has 1 saturated carbocycles. The lowest BCUT2D eigenvalue weighted by molar-refractivity contribution is -0.152. The van der Waals surface area contributed by atoms with Crippen molar-refractivity contribution < 1.29 is 18.3 Å². The number of hydrogen-bond acceptors (Lipinski definition) is 3. The molecule has 0 aromatic rings. The van der Waals surface area contributed by atoms with Crippen molar-refractivity contribution in [1.82, 2.24) is 0 Å². The van der Waals surface area contributed by atoms with Crippen molar-refractivity contribution in [2.24, 2.45) is 5.92 Å². The highest BCUT2D eigenvalue weighted by Gasteiger charge is 2.64. The van der Waals surface area contributed by atoms with Gasteiger partial charge in [-0.15, -0.1) is 0 Å². The van der Waals surface area contributed by atoms with Gasteiger partial charge in [-0.25, -0.2) is 9.18 Å². The van der Waals surface area contributed by atoms with E-state index in [2.05, 4.69) is 33.9 Å². The van der Waals surface area contributed by atoms with Crippen LogP contribution < -0.4 is 0 Å². The number of carbonyl (C=O) groups excluding carboxylic acids is 1. The van der Waals surface area contributed by atoms with Crippen molar-refractivity contribution in [3.63, 3.8) is 0 Å². The third-order valence-electron chi connectivity index (χ3n) is 4.87. The standard InChI is InChI=1S/C13H23FO3Si/c1-12(2,3)18(4,5)16-8-10-9-6-7-13(9,14)11(15)17-10/h9-10H,6-8H2,1-5H3/t9-,10-,13+/m1/s1. The number of halogens is 1. The Morgan fingerprint density at radius 1 is 1.50 bits per heavy atom. The van der Waals surface area contributed by atoms with Crippen molar-refractivity contribution in [1.29, 1.82) is 0 Å². The van der Waals surface area contributed by atoms with E-state index in [0.29, 0.717) is 13.0 Å². The molecule has 0 aromatic carbocycles. The van der Waals surface area contributed by atoms with Crippen LogP contribution in [0.15, 0.2) is 0 Å². The van der Waals surface area contributed by atoms with E-state index in [9.17, 15) is 9.18 Å². The molecule has 1 aliphatic heterocycles. The van der Waals surface area contributed by atoms with E-state index in [4.69, 9.17) is 9.16 Å². The minimum atomic E-state index is -1.86. The van der Waals surface area contributed by atoms with Crippen molar-refractivity contribution in [2.45, 2.75) is 63.5 Å². The summed E-state index contributed by atoms with van der Waals surface area (Å²) in [7, 11) is -1.86. The van der Waals surface area contributed by atoms with E-state index in [1.54, 1.807) is 0 Å². The summed E-state index contributed by atoms with van der Waals surface area (Å²) >= 11 is 0. The van der Waals surface area contributed by atoms with Crippen LogP contribution in [0.5, 0.6) is 0 Å². The summed E-state index contributed by atoms with van der Waals surface area (Å²) in [6.45, 7) is 11.1. The first kappa shape index (κ1) is 14.0. The van der Waals surface area contributed by atoms with Crippen LogP contribution in [0.4, 0.5) is 4.39 Å². The molecule has 18 heavy (non-hydrogen) atoms. The minimum Gasteiger partial charge on any atom is -0.457 e. The van der Waals surface area contributed by atoms with Crippen LogP contribution in [-0.2, 0) is 14.0 Å². The van der Waals surface area contributed by atoms with E-state index in [0.717, 1.165) is 6.42 Å². The molecule has 3 atom stereocenters. The first-order valence-electron chi connectivity index (χ1n) is 6.62. The zero-order valence-electron chi connectivity index (χ0n) is 11.9. The molecule has 2 fully saturated rings.